The fourth-order valence-electron chi connectivity index (χ4n) is 4.67. The highest BCUT2D eigenvalue weighted by atomic mass is 16.5. The topological polar surface area (TPSA) is 59.4 Å². The van der Waals surface area contributed by atoms with Crippen LogP contribution in [0.25, 0.3) is 0 Å². The second-order valence-corrected chi connectivity index (χ2v) is 8.92. The van der Waals surface area contributed by atoms with Crippen LogP contribution in [0, 0.1) is 5.92 Å². The van der Waals surface area contributed by atoms with Crippen LogP contribution in [0.1, 0.15) is 68.3 Å². The van der Waals surface area contributed by atoms with Gasteiger partial charge in [-0.05, 0) is 38.6 Å². The Kier molecular flexibility index (Phi) is 6.68. The van der Waals surface area contributed by atoms with Crippen molar-refractivity contribution in [1.29, 1.82) is 0 Å². The van der Waals surface area contributed by atoms with Crippen molar-refractivity contribution in [3.63, 3.8) is 0 Å². The predicted octanol–water partition coefficient (Wildman–Crippen LogP) is 2.68. The van der Waals surface area contributed by atoms with Crippen molar-refractivity contribution in [3.8, 4) is 0 Å². The summed E-state index contributed by atoms with van der Waals surface area (Å²) in [6.45, 7) is 4.17. The number of fused-ring (bicyclic) bond motifs is 1. The fourth-order valence-corrected chi connectivity index (χ4v) is 4.67. The molecule has 1 amide bonds. The summed E-state index contributed by atoms with van der Waals surface area (Å²) in [7, 11) is 2.20. The number of carbonyl (C=O) groups excluding carboxylic acids is 1. The summed E-state index contributed by atoms with van der Waals surface area (Å²) in [5, 5.41) is 7.97. The average Bonchev–Trinajstić information content (AvgIpc) is 3.48. The third-order valence-corrected chi connectivity index (χ3v) is 6.68. The zero-order chi connectivity index (χ0) is 19.3. The Hall–Kier alpha value is -1.40. The van der Waals surface area contributed by atoms with Gasteiger partial charge in [0, 0.05) is 56.2 Å². The molecule has 6 nitrogen and oxygen atoms in total. The molecule has 1 aromatic heterocycles. The zero-order valence-corrected chi connectivity index (χ0v) is 17.4. The number of nitrogens with one attached hydrogen (secondary N) is 1. The summed E-state index contributed by atoms with van der Waals surface area (Å²) in [5.41, 5.74) is 3.67. The summed E-state index contributed by atoms with van der Waals surface area (Å²) in [5.74, 6) is 0.948. The number of aryl methyl sites for hydroxylation is 1. The molecule has 0 spiro atoms. The van der Waals surface area contributed by atoms with Gasteiger partial charge in [-0.3, -0.25) is 9.48 Å². The highest BCUT2D eigenvalue weighted by molar-refractivity contribution is 5.76. The van der Waals surface area contributed by atoms with E-state index in [0.717, 1.165) is 44.3 Å². The first kappa shape index (κ1) is 19.9. The van der Waals surface area contributed by atoms with Gasteiger partial charge in [-0.1, -0.05) is 19.3 Å². The number of ether oxygens (including phenoxy) is 1. The van der Waals surface area contributed by atoms with Crippen LogP contribution < -0.4 is 5.32 Å². The van der Waals surface area contributed by atoms with Crippen molar-refractivity contribution >= 4 is 5.91 Å². The molecule has 0 radical (unpaired) electrons. The molecular weight excluding hydrogens is 352 g/mol. The third-order valence-electron chi connectivity index (χ3n) is 6.68. The normalized spacial score (nSPS) is 20.4. The first-order valence-corrected chi connectivity index (χ1v) is 11.3. The van der Waals surface area contributed by atoms with Gasteiger partial charge in [0.2, 0.25) is 5.91 Å². The molecule has 0 aromatic carbocycles. The number of amides is 1. The van der Waals surface area contributed by atoms with Gasteiger partial charge in [-0.25, -0.2) is 0 Å². The Morgan fingerprint density at radius 1 is 1.25 bits per heavy atom. The second kappa shape index (κ2) is 9.40. The molecule has 2 aliphatic carbocycles. The fraction of sp³-hybridized carbons (Fsp3) is 0.818. The van der Waals surface area contributed by atoms with Crippen molar-refractivity contribution in [2.45, 2.75) is 83.4 Å². The Morgan fingerprint density at radius 2 is 2.07 bits per heavy atom. The molecular formula is C22H36N4O2. The molecule has 0 saturated heterocycles. The Balaban J connectivity index is 1.22. The SMILES string of the molecule is CN(CCNC(=O)CCc1nn(CC2CC2)c2c1COCC2)C1CCCCC1. The van der Waals surface area contributed by atoms with Gasteiger partial charge in [0.1, 0.15) is 0 Å². The molecule has 0 atom stereocenters. The lowest BCUT2D eigenvalue weighted by Gasteiger charge is -2.31. The molecule has 28 heavy (non-hydrogen) atoms. The molecule has 3 aliphatic rings. The number of hydrogen-bond donors (Lipinski definition) is 1. The minimum Gasteiger partial charge on any atom is -0.376 e. The van der Waals surface area contributed by atoms with E-state index in [-0.39, 0.29) is 5.91 Å². The summed E-state index contributed by atoms with van der Waals surface area (Å²) < 4.78 is 7.88. The number of likely N-dealkylation sites (N-methyl/N-ethyl adjacent to an activating group) is 1. The molecule has 1 aromatic rings. The molecule has 156 valence electrons. The smallest absolute Gasteiger partial charge is 0.220 e. The third kappa shape index (κ3) is 5.15. The van der Waals surface area contributed by atoms with Crippen LogP contribution in [0.4, 0.5) is 0 Å². The highest BCUT2D eigenvalue weighted by Gasteiger charge is 2.27. The number of carbonyl (C=O) groups is 1. The van der Waals surface area contributed by atoms with Crippen LogP contribution in [-0.2, 0) is 35.5 Å². The first-order chi connectivity index (χ1) is 13.7. The van der Waals surface area contributed by atoms with E-state index in [9.17, 15) is 4.79 Å². The van der Waals surface area contributed by atoms with Crippen LogP contribution >= 0.6 is 0 Å². The van der Waals surface area contributed by atoms with E-state index in [2.05, 4.69) is 21.9 Å². The van der Waals surface area contributed by atoms with E-state index in [4.69, 9.17) is 9.84 Å². The van der Waals surface area contributed by atoms with Crippen LogP contribution in [-0.4, -0.2) is 53.4 Å². The molecule has 6 heteroatoms. The maximum atomic E-state index is 12.3. The largest absolute Gasteiger partial charge is 0.376 e. The molecule has 1 N–H and O–H groups in total. The van der Waals surface area contributed by atoms with Gasteiger partial charge in [-0.2, -0.15) is 5.10 Å². The molecule has 4 rings (SSSR count). The molecule has 0 bridgehead atoms. The van der Waals surface area contributed by atoms with E-state index < -0.39 is 0 Å². The molecule has 2 heterocycles. The molecule has 1 aliphatic heterocycles. The lowest BCUT2D eigenvalue weighted by Crippen LogP contribution is -2.39. The van der Waals surface area contributed by atoms with E-state index in [0.29, 0.717) is 25.5 Å². The maximum Gasteiger partial charge on any atom is 0.220 e. The molecule has 2 saturated carbocycles. The predicted molar refractivity (Wildman–Crippen MR) is 109 cm³/mol. The van der Waals surface area contributed by atoms with Crippen molar-refractivity contribution in [1.82, 2.24) is 20.0 Å². The molecule has 0 unspecified atom stereocenters. The van der Waals surface area contributed by atoms with E-state index in [1.54, 1.807) is 0 Å². The van der Waals surface area contributed by atoms with Crippen molar-refractivity contribution in [3.05, 3.63) is 17.0 Å². The van der Waals surface area contributed by atoms with Crippen molar-refractivity contribution in [2.24, 2.45) is 5.92 Å². The van der Waals surface area contributed by atoms with Gasteiger partial charge < -0.3 is 15.0 Å². The summed E-state index contributed by atoms with van der Waals surface area (Å²) in [4.78, 5) is 14.8. The van der Waals surface area contributed by atoms with Gasteiger partial charge in [-0.15, -0.1) is 0 Å². The number of hydrogen-bond acceptors (Lipinski definition) is 4. The number of rotatable bonds is 9. The number of aromatic nitrogens is 2. The summed E-state index contributed by atoms with van der Waals surface area (Å²) in [6, 6.07) is 0.701. The van der Waals surface area contributed by atoms with Crippen molar-refractivity contribution in [2.75, 3.05) is 26.7 Å². The summed E-state index contributed by atoms with van der Waals surface area (Å²) in [6.07, 6.45) is 11.5. The quantitative estimate of drug-likeness (QED) is 0.707. The lowest BCUT2D eigenvalue weighted by atomic mass is 9.94. The minimum absolute atomic E-state index is 0.138. The average molecular weight is 389 g/mol. The number of nitrogens with zero attached hydrogens (tertiary/aromatic N) is 3. The monoisotopic (exact) mass is 388 g/mol. The van der Waals surface area contributed by atoms with Gasteiger partial charge >= 0.3 is 0 Å². The Bertz CT molecular complexity index is 662. The highest BCUT2D eigenvalue weighted by Crippen LogP contribution is 2.32. The minimum atomic E-state index is 0.138. The van der Waals surface area contributed by atoms with Crippen LogP contribution in [0.2, 0.25) is 0 Å². The van der Waals surface area contributed by atoms with Crippen LogP contribution in [0.15, 0.2) is 0 Å². The Labute approximate surface area is 169 Å². The zero-order valence-electron chi connectivity index (χ0n) is 17.4. The Morgan fingerprint density at radius 3 is 2.86 bits per heavy atom. The van der Waals surface area contributed by atoms with Crippen LogP contribution in [0.5, 0.6) is 0 Å². The molecule has 2 fully saturated rings. The van der Waals surface area contributed by atoms with E-state index in [1.165, 1.54) is 56.2 Å². The van der Waals surface area contributed by atoms with Crippen LogP contribution in [0.3, 0.4) is 0 Å². The summed E-state index contributed by atoms with van der Waals surface area (Å²) >= 11 is 0. The first-order valence-electron chi connectivity index (χ1n) is 11.3. The van der Waals surface area contributed by atoms with Crippen molar-refractivity contribution < 1.29 is 9.53 Å². The van der Waals surface area contributed by atoms with E-state index >= 15 is 0 Å². The van der Waals surface area contributed by atoms with Gasteiger partial charge in [0.25, 0.3) is 0 Å². The lowest BCUT2D eigenvalue weighted by molar-refractivity contribution is -0.121. The van der Waals surface area contributed by atoms with E-state index in [1.807, 2.05) is 0 Å². The van der Waals surface area contributed by atoms with Gasteiger partial charge in [0.05, 0.1) is 18.9 Å². The standard InChI is InChI=1S/C22H36N4O2/c1-25(18-5-3-2-4-6-18)13-12-23-22(27)10-9-20-19-16-28-14-11-21(19)26(24-20)15-17-7-8-17/h17-18H,2-16H2,1H3,(H,23,27). The second-order valence-electron chi connectivity index (χ2n) is 8.92. The maximum absolute atomic E-state index is 12.3. The van der Waals surface area contributed by atoms with Gasteiger partial charge in [0.15, 0.2) is 0 Å².